The zero-order valence-electron chi connectivity index (χ0n) is 15.8. The molecule has 142 valence electrons. The monoisotopic (exact) mass is 390 g/mol. The largest absolute Gasteiger partial charge is 0.481 e. The lowest BCUT2D eigenvalue weighted by Crippen LogP contribution is -2.03. The number of benzene rings is 3. The second-order valence-corrected chi connectivity index (χ2v) is 7.97. The third kappa shape index (κ3) is 3.76. The smallest absolute Gasteiger partial charge is 0.303 e. The Kier molecular flexibility index (Phi) is 5.35. The molecule has 0 bridgehead atoms. The van der Waals surface area contributed by atoms with Crippen LogP contribution >= 0.6 is 11.8 Å². The van der Waals surface area contributed by atoms with Crippen molar-refractivity contribution in [2.24, 2.45) is 0 Å². The summed E-state index contributed by atoms with van der Waals surface area (Å²) in [5.74, 6) is -0.00943. The lowest BCUT2D eigenvalue weighted by molar-refractivity contribution is -0.137. The molecule has 0 saturated carbocycles. The SMILES string of the molecule is Cc1cccc2cccc(Cn3c(SCCCC(=O)O)nc4ccccc43)c12. The van der Waals surface area contributed by atoms with E-state index < -0.39 is 5.97 Å². The molecule has 0 aliphatic carbocycles. The van der Waals surface area contributed by atoms with E-state index in [0.29, 0.717) is 6.42 Å². The van der Waals surface area contributed by atoms with E-state index in [1.807, 2.05) is 18.2 Å². The summed E-state index contributed by atoms with van der Waals surface area (Å²) in [5, 5.41) is 12.4. The first-order chi connectivity index (χ1) is 13.6. The van der Waals surface area contributed by atoms with E-state index >= 15 is 0 Å². The quantitative estimate of drug-likeness (QED) is 0.334. The summed E-state index contributed by atoms with van der Waals surface area (Å²) in [6.07, 6.45) is 0.826. The fourth-order valence-corrected chi connectivity index (χ4v) is 4.58. The molecule has 0 radical (unpaired) electrons. The first-order valence-corrected chi connectivity index (χ1v) is 10.4. The maximum atomic E-state index is 10.8. The van der Waals surface area contributed by atoms with Crippen LogP contribution in [0, 0.1) is 6.92 Å². The number of hydrogen-bond acceptors (Lipinski definition) is 3. The minimum Gasteiger partial charge on any atom is -0.481 e. The molecule has 0 unspecified atom stereocenters. The molecule has 4 nitrogen and oxygen atoms in total. The molecule has 4 rings (SSSR count). The molecule has 1 aromatic heterocycles. The van der Waals surface area contributed by atoms with E-state index in [1.165, 1.54) is 21.9 Å². The van der Waals surface area contributed by atoms with Gasteiger partial charge in [0, 0.05) is 12.2 Å². The average molecular weight is 391 g/mol. The number of carbonyl (C=O) groups is 1. The molecule has 28 heavy (non-hydrogen) atoms. The molecule has 5 heteroatoms. The van der Waals surface area contributed by atoms with Crippen molar-refractivity contribution in [3.8, 4) is 0 Å². The van der Waals surface area contributed by atoms with Gasteiger partial charge in [-0.3, -0.25) is 4.79 Å². The summed E-state index contributed by atoms with van der Waals surface area (Å²) >= 11 is 1.63. The molecule has 0 fully saturated rings. The topological polar surface area (TPSA) is 55.1 Å². The number of hydrogen-bond donors (Lipinski definition) is 1. The van der Waals surface area contributed by atoms with Crippen LogP contribution in [0.5, 0.6) is 0 Å². The van der Waals surface area contributed by atoms with Crippen LogP contribution in [0.2, 0.25) is 0 Å². The number of fused-ring (bicyclic) bond motifs is 2. The minimum absolute atomic E-state index is 0.190. The van der Waals surface area contributed by atoms with Crippen molar-refractivity contribution < 1.29 is 9.90 Å². The number of aryl methyl sites for hydroxylation is 1. The fraction of sp³-hybridized carbons (Fsp3) is 0.217. The maximum absolute atomic E-state index is 10.8. The van der Waals surface area contributed by atoms with Crippen molar-refractivity contribution in [1.29, 1.82) is 0 Å². The summed E-state index contributed by atoms with van der Waals surface area (Å²) < 4.78 is 2.25. The standard InChI is InChI=1S/C23H22N2O2S/c1-16-7-4-8-17-9-5-10-18(22(16)17)15-25-20-12-3-2-11-19(20)24-23(25)28-14-6-13-21(26)27/h2-5,7-12H,6,13-15H2,1H3,(H,26,27). The van der Waals surface area contributed by atoms with Gasteiger partial charge in [0.05, 0.1) is 17.6 Å². The lowest BCUT2D eigenvalue weighted by Gasteiger charge is -2.13. The van der Waals surface area contributed by atoms with E-state index in [2.05, 4.69) is 54.0 Å². The van der Waals surface area contributed by atoms with Crippen molar-refractivity contribution in [3.63, 3.8) is 0 Å². The highest BCUT2D eigenvalue weighted by molar-refractivity contribution is 7.99. The highest BCUT2D eigenvalue weighted by atomic mass is 32.2. The zero-order chi connectivity index (χ0) is 19.5. The van der Waals surface area contributed by atoms with Crippen LogP contribution in [0.1, 0.15) is 24.0 Å². The van der Waals surface area contributed by atoms with E-state index in [4.69, 9.17) is 10.1 Å². The van der Waals surface area contributed by atoms with Crippen molar-refractivity contribution in [1.82, 2.24) is 9.55 Å². The number of rotatable bonds is 7. The number of thioether (sulfide) groups is 1. The molecule has 0 spiro atoms. The van der Waals surface area contributed by atoms with E-state index in [-0.39, 0.29) is 6.42 Å². The summed E-state index contributed by atoms with van der Waals surface area (Å²) in [5.41, 5.74) is 4.62. The molecule has 3 aromatic carbocycles. The second-order valence-electron chi connectivity index (χ2n) is 6.91. The number of nitrogens with zero attached hydrogens (tertiary/aromatic N) is 2. The van der Waals surface area contributed by atoms with Crippen LogP contribution in [0.4, 0.5) is 0 Å². The Morgan fingerprint density at radius 1 is 1.07 bits per heavy atom. The van der Waals surface area contributed by atoms with Gasteiger partial charge in [0.1, 0.15) is 0 Å². The second kappa shape index (κ2) is 8.07. The van der Waals surface area contributed by atoms with E-state index in [9.17, 15) is 4.79 Å². The summed E-state index contributed by atoms with van der Waals surface area (Å²) in [4.78, 5) is 15.6. The van der Waals surface area contributed by atoms with Crippen LogP contribution in [0.15, 0.2) is 65.8 Å². The van der Waals surface area contributed by atoms with Crippen molar-refractivity contribution in [3.05, 3.63) is 71.8 Å². The van der Waals surface area contributed by atoms with Gasteiger partial charge in [-0.15, -0.1) is 0 Å². The predicted octanol–water partition coefficient (Wildman–Crippen LogP) is 5.50. The van der Waals surface area contributed by atoms with Crippen LogP contribution < -0.4 is 0 Å². The Labute approximate surface area is 168 Å². The number of aliphatic carboxylic acids is 1. The third-order valence-corrected chi connectivity index (χ3v) is 5.98. The Balaban J connectivity index is 1.72. The number of aromatic nitrogens is 2. The van der Waals surface area contributed by atoms with Crippen LogP contribution in [-0.2, 0) is 11.3 Å². The Hall–Kier alpha value is -2.79. The van der Waals surface area contributed by atoms with Gasteiger partial charge in [-0.05, 0) is 47.4 Å². The van der Waals surface area contributed by atoms with Gasteiger partial charge in [-0.1, -0.05) is 60.3 Å². The van der Waals surface area contributed by atoms with Gasteiger partial charge in [-0.25, -0.2) is 4.98 Å². The van der Waals surface area contributed by atoms with Gasteiger partial charge in [-0.2, -0.15) is 0 Å². The first-order valence-electron chi connectivity index (χ1n) is 9.40. The van der Waals surface area contributed by atoms with E-state index in [1.54, 1.807) is 11.8 Å². The van der Waals surface area contributed by atoms with Crippen LogP contribution in [0.25, 0.3) is 21.8 Å². The number of carboxylic acid groups (broad SMARTS) is 1. The Morgan fingerprint density at radius 3 is 2.68 bits per heavy atom. The van der Waals surface area contributed by atoms with Gasteiger partial charge in [0.2, 0.25) is 0 Å². The molecule has 1 N–H and O–H groups in total. The van der Waals surface area contributed by atoms with Crippen molar-refractivity contribution in [2.45, 2.75) is 31.5 Å². The predicted molar refractivity (Wildman–Crippen MR) is 115 cm³/mol. The number of carboxylic acids is 1. The molecular weight excluding hydrogens is 368 g/mol. The first kappa shape index (κ1) is 18.6. The summed E-state index contributed by atoms with van der Waals surface area (Å²) in [6.45, 7) is 2.89. The Morgan fingerprint density at radius 2 is 1.86 bits per heavy atom. The molecule has 1 heterocycles. The summed E-state index contributed by atoms with van der Waals surface area (Å²) in [6, 6.07) is 21.0. The molecule has 0 amide bonds. The molecule has 0 aliphatic heterocycles. The highest BCUT2D eigenvalue weighted by Gasteiger charge is 2.13. The van der Waals surface area contributed by atoms with Crippen LogP contribution in [0.3, 0.4) is 0 Å². The summed E-state index contributed by atoms with van der Waals surface area (Å²) in [7, 11) is 0. The molecule has 4 aromatic rings. The lowest BCUT2D eigenvalue weighted by atomic mass is 10.00. The minimum atomic E-state index is -0.750. The maximum Gasteiger partial charge on any atom is 0.303 e. The number of para-hydroxylation sites is 2. The normalized spacial score (nSPS) is 11.3. The van der Waals surface area contributed by atoms with Gasteiger partial charge < -0.3 is 9.67 Å². The van der Waals surface area contributed by atoms with Gasteiger partial charge >= 0.3 is 5.97 Å². The molecule has 0 atom stereocenters. The Bertz CT molecular complexity index is 1140. The highest BCUT2D eigenvalue weighted by Crippen LogP contribution is 2.29. The average Bonchev–Trinajstić information content (AvgIpc) is 3.03. The van der Waals surface area contributed by atoms with Crippen molar-refractivity contribution >= 4 is 39.5 Å². The molecule has 0 aliphatic rings. The number of imidazole rings is 1. The molecule has 0 saturated heterocycles. The van der Waals surface area contributed by atoms with Crippen LogP contribution in [-0.4, -0.2) is 26.4 Å². The fourth-order valence-electron chi connectivity index (χ4n) is 3.62. The van der Waals surface area contributed by atoms with Gasteiger partial charge in [0.25, 0.3) is 0 Å². The molecular formula is C23H22N2O2S. The zero-order valence-corrected chi connectivity index (χ0v) is 16.6. The third-order valence-electron chi connectivity index (χ3n) is 4.91. The van der Waals surface area contributed by atoms with E-state index in [0.717, 1.165) is 28.5 Å². The van der Waals surface area contributed by atoms with Crippen molar-refractivity contribution in [2.75, 3.05) is 5.75 Å². The van der Waals surface area contributed by atoms with Gasteiger partial charge in [0.15, 0.2) is 5.16 Å².